The number of hydrogen-bond acceptors (Lipinski definition) is 5. The maximum atomic E-state index is 13.4. The molecule has 0 aromatic heterocycles. The van der Waals surface area contributed by atoms with Gasteiger partial charge >= 0.3 is 0 Å². The molecule has 4 aromatic rings. The zero-order chi connectivity index (χ0) is 27.0. The number of sulfonamides is 1. The molecule has 0 aliphatic rings. The smallest absolute Gasteiger partial charge is 0.255 e. The lowest BCUT2D eigenvalue weighted by Crippen LogP contribution is -2.39. The molecule has 0 aliphatic heterocycles. The van der Waals surface area contributed by atoms with Crippen molar-refractivity contribution in [1.29, 1.82) is 0 Å². The molecule has 0 saturated carbocycles. The Morgan fingerprint density at radius 2 is 1.55 bits per heavy atom. The van der Waals surface area contributed by atoms with Crippen molar-refractivity contribution >= 4 is 45.3 Å². The second-order valence-electron chi connectivity index (χ2n) is 8.14. The summed E-state index contributed by atoms with van der Waals surface area (Å²) in [4.78, 5) is 12.7. The Kier molecular flexibility index (Phi) is 9.15. The van der Waals surface area contributed by atoms with Gasteiger partial charge < -0.3 is 4.74 Å². The first-order chi connectivity index (χ1) is 18.3. The zero-order valence-electron chi connectivity index (χ0n) is 20.0. The monoisotopic (exact) mass is 567 g/mol. The Hall–Kier alpha value is -3.69. The SMILES string of the molecule is O=C(CN(Cc1cccc(Cl)c1)S(=O)(=O)c1ccc(Cl)cc1)N/N=C\c1cccc(Oc2ccccc2)c1. The number of hydrazone groups is 1. The number of carbonyl (C=O) groups excluding carboxylic acids is 1. The first-order valence-corrected chi connectivity index (χ1v) is 13.6. The van der Waals surface area contributed by atoms with Crippen molar-refractivity contribution in [2.45, 2.75) is 11.4 Å². The number of nitrogens with zero attached hydrogens (tertiary/aromatic N) is 2. The molecule has 7 nitrogen and oxygen atoms in total. The number of para-hydroxylation sites is 1. The fourth-order valence-corrected chi connectivity index (χ4v) is 5.20. The maximum absolute atomic E-state index is 13.4. The number of hydrogen-bond donors (Lipinski definition) is 1. The fraction of sp³-hybridized carbons (Fsp3) is 0.0714. The van der Waals surface area contributed by atoms with E-state index in [9.17, 15) is 13.2 Å². The summed E-state index contributed by atoms with van der Waals surface area (Å²) in [5.41, 5.74) is 3.71. The molecule has 0 fully saturated rings. The summed E-state index contributed by atoms with van der Waals surface area (Å²) in [6, 6.07) is 29.0. The second kappa shape index (κ2) is 12.7. The van der Waals surface area contributed by atoms with Gasteiger partial charge in [-0.3, -0.25) is 4.79 Å². The van der Waals surface area contributed by atoms with Crippen LogP contribution in [0, 0.1) is 0 Å². The van der Waals surface area contributed by atoms with Crippen molar-refractivity contribution in [3.63, 3.8) is 0 Å². The maximum Gasteiger partial charge on any atom is 0.255 e. The molecule has 0 unspecified atom stereocenters. The summed E-state index contributed by atoms with van der Waals surface area (Å²) in [5.74, 6) is 0.683. The Balaban J connectivity index is 1.46. The van der Waals surface area contributed by atoms with Crippen molar-refractivity contribution in [3.05, 3.63) is 124 Å². The summed E-state index contributed by atoms with van der Waals surface area (Å²) < 4.78 is 33.6. The molecule has 38 heavy (non-hydrogen) atoms. The molecule has 4 aromatic carbocycles. The quantitative estimate of drug-likeness (QED) is 0.184. The number of nitrogens with one attached hydrogen (secondary N) is 1. The first kappa shape index (κ1) is 27.3. The molecule has 194 valence electrons. The van der Waals surface area contributed by atoms with Gasteiger partial charge in [0, 0.05) is 16.6 Å². The highest BCUT2D eigenvalue weighted by Gasteiger charge is 2.27. The van der Waals surface area contributed by atoms with Crippen molar-refractivity contribution in [2.24, 2.45) is 5.10 Å². The third kappa shape index (κ3) is 7.66. The molecule has 0 radical (unpaired) electrons. The van der Waals surface area contributed by atoms with Crippen LogP contribution in [-0.2, 0) is 21.4 Å². The number of carbonyl (C=O) groups is 1. The Labute approximate surface area is 231 Å². The number of amides is 1. The Morgan fingerprint density at radius 1 is 0.842 bits per heavy atom. The van der Waals surface area contributed by atoms with Crippen LogP contribution in [0.1, 0.15) is 11.1 Å². The van der Waals surface area contributed by atoms with Crippen LogP contribution in [0.15, 0.2) is 113 Å². The highest BCUT2D eigenvalue weighted by molar-refractivity contribution is 7.89. The van der Waals surface area contributed by atoms with E-state index in [4.69, 9.17) is 27.9 Å². The van der Waals surface area contributed by atoms with Gasteiger partial charge in [0.15, 0.2) is 0 Å². The highest BCUT2D eigenvalue weighted by Crippen LogP contribution is 2.23. The third-order valence-electron chi connectivity index (χ3n) is 5.26. The molecule has 0 heterocycles. The van der Waals surface area contributed by atoms with Crippen LogP contribution in [0.4, 0.5) is 0 Å². The first-order valence-electron chi connectivity index (χ1n) is 11.4. The summed E-state index contributed by atoms with van der Waals surface area (Å²) in [6.45, 7) is -0.534. The zero-order valence-corrected chi connectivity index (χ0v) is 22.3. The molecular weight excluding hydrogens is 545 g/mol. The van der Waals surface area contributed by atoms with Crippen LogP contribution < -0.4 is 10.2 Å². The third-order valence-corrected chi connectivity index (χ3v) is 7.55. The summed E-state index contributed by atoms with van der Waals surface area (Å²) >= 11 is 12.0. The van der Waals surface area contributed by atoms with Gasteiger partial charge in [-0.05, 0) is 71.8 Å². The lowest BCUT2D eigenvalue weighted by atomic mass is 10.2. The number of halogens is 2. The van der Waals surface area contributed by atoms with Crippen LogP contribution >= 0.6 is 23.2 Å². The van der Waals surface area contributed by atoms with E-state index in [1.807, 2.05) is 30.3 Å². The molecule has 1 amide bonds. The topological polar surface area (TPSA) is 88.1 Å². The van der Waals surface area contributed by atoms with Gasteiger partial charge in [-0.15, -0.1) is 0 Å². The van der Waals surface area contributed by atoms with E-state index < -0.39 is 22.5 Å². The molecule has 0 aliphatic carbocycles. The average Bonchev–Trinajstić information content (AvgIpc) is 2.89. The minimum atomic E-state index is -4.03. The molecule has 1 N–H and O–H groups in total. The van der Waals surface area contributed by atoms with Gasteiger partial charge in [-0.1, -0.05) is 65.7 Å². The second-order valence-corrected chi connectivity index (χ2v) is 10.9. The minimum Gasteiger partial charge on any atom is -0.457 e. The highest BCUT2D eigenvalue weighted by atomic mass is 35.5. The van der Waals surface area contributed by atoms with Gasteiger partial charge in [0.1, 0.15) is 11.5 Å². The molecule has 0 saturated heterocycles. The van der Waals surface area contributed by atoms with Crippen LogP contribution in [-0.4, -0.2) is 31.4 Å². The van der Waals surface area contributed by atoms with E-state index in [1.54, 1.807) is 48.5 Å². The molecule has 0 atom stereocenters. The number of rotatable bonds is 10. The van der Waals surface area contributed by atoms with Crippen molar-refractivity contribution in [1.82, 2.24) is 9.73 Å². The van der Waals surface area contributed by atoms with Crippen molar-refractivity contribution < 1.29 is 17.9 Å². The summed E-state index contributed by atoms with van der Waals surface area (Å²) in [7, 11) is -4.03. The molecule has 0 bridgehead atoms. The Bertz CT molecular complexity index is 1530. The Morgan fingerprint density at radius 3 is 2.29 bits per heavy atom. The van der Waals surface area contributed by atoms with E-state index >= 15 is 0 Å². The molecule has 10 heteroatoms. The van der Waals surface area contributed by atoms with E-state index in [2.05, 4.69) is 10.5 Å². The average molecular weight is 568 g/mol. The van der Waals surface area contributed by atoms with E-state index in [-0.39, 0.29) is 11.4 Å². The predicted octanol–water partition coefficient (Wildman–Crippen LogP) is 6.13. The standard InChI is InChI=1S/C28H23Cl2N3O4S/c29-23-12-14-27(15-13-23)38(35,36)33(19-22-7-4-8-24(30)16-22)20-28(34)32-31-18-21-6-5-11-26(17-21)37-25-9-2-1-3-10-25/h1-18H,19-20H2,(H,32,34)/b31-18-. The largest absolute Gasteiger partial charge is 0.457 e. The van der Waals surface area contributed by atoms with E-state index in [0.29, 0.717) is 32.7 Å². The number of ether oxygens (including phenoxy) is 1. The lowest BCUT2D eigenvalue weighted by molar-refractivity contribution is -0.121. The molecule has 4 rings (SSSR count). The fourth-order valence-electron chi connectivity index (χ4n) is 3.48. The molecule has 0 spiro atoms. The van der Waals surface area contributed by atoms with Gasteiger partial charge in [-0.25, -0.2) is 13.8 Å². The van der Waals surface area contributed by atoms with Crippen molar-refractivity contribution in [2.75, 3.05) is 6.54 Å². The van der Waals surface area contributed by atoms with Crippen LogP contribution in [0.25, 0.3) is 0 Å². The van der Waals surface area contributed by atoms with Gasteiger partial charge in [0.2, 0.25) is 10.0 Å². The van der Waals surface area contributed by atoms with E-state index in [0.717, 1.165) is 4.31 Å². The van der Waals surface area contributed by atoms with Gasteiger partial charge in [0.05, 0.1) is 17.7 Å². The number of benzene rings is 4. The van der Waals surface area contributed by atoms with E-state index in [1.165, 1.54) is 30.5 Å². The van der Waals surface area contributed by atoms with Crippen LogP contribution in [0.5, 0.6) is 11.5 Å². The summed E-state index contributed by atoms with van der Waals surface area (Å²) in [6.07, 6.45) is 1.45. The van der Waals surface area contributed by atoms with Crippen molar-refractivity contribution in [3.8, 4) is 11.5 Å². The van der Waals surface area contributed by atoms with Gasteiger partial charge in [-0.2, -0.15) is 9.41 Å². The van der Waals surface area contributed by atoms with Crippen LogP contribution in [0.2, 0.25) is 10.0 Å². The normalized spacial score (nSPS) is 11.6. The van der Waals surface area contributed by atoms with Crippen LogP contribution in [0.3, 0.4) is 0 Å². The summed E-state index contributed by atoms with van der Waals surface area (Å²) in [5, 5.41) is 4.85. The lowest BCUT2D eigenvalue weighted by Gasteiger charge is -2.21. The molecular formula is C28H23Cl2N3O4S. The van der Waals surface area contributed by atoms with Gasteiger partial charge in [0.25, 0.3) is 5.91 Å². The minimum absolute atomic E-state index is 0.00969. The predicted molar refractivity (Wildman–Crippen MR) is 149 cm³/mol.